The number of aryl methyl sites for hydroxylation is 2. The highest BCUT2D eigenvalue weighted by Crippen LogP contribution is 2.56. The zero-order valence-electron chi connectivity index (χ0n) is 26.3. The summed E-state index contributed by atoms with van der Waals surface area (Å²) >= 11 is 0. The first-order valence-corrected chi connectivity index (χ1v) is 15.7. The predicted octanol–water partition coefficient (Wildman–Crippen LogP) is 11.9. The maximum absolute atomic E-state index is 2.50. The molecule has 0 nitrogen and oxygen atoms in total. The van der Waals surface area contributed by atoms with Gasteiger partial charge in [-0.3, -0.25) is 0 Å². The minimum absolute atomic E-state index is 0.336. The van der Waals surface area contributed by atoms with Crippen LogP contribution in [0.5, 0.6) is 0 Å². The lowest BCUT2D eigenvalue weighted by molar-refractivity contribution is 0.765. The van der Waals surface area contributed by atoms with Crippen LogP contribution in [-0.4, -0.2) is 0 Å². The molecule has 0 fully saturated rings. The summed E-state index contributed by atoms with van der Waals surface area (Å²) in [5, 5.41) is 2.60. The van der Waals surface area contributed by atoms with Crippen LogP contribution in [0.3, 0.4) is 0 Å². The van der Waals surface area contributed by atoms with Crippen molar-refractivity contribution in [2.75, 3.05) is 0 Å². The van der Waals surface area contributed by atoms with Gasteiger partial charge in [-0.15, -0.1) is 0 Å². The number of rotatable bonds is 2. The van der Waals surface area contributed by atoms with Crippen LogP contribution in [0.4, 0.5) is 0 Å². The van der Waals surface area contributed by atoms with Gasteiger partial charge in [0, 0.05) is 0 Å². The number of fused-ring (bicyclic) bond motifs is 5. The van der Waals surface area contributed by atoms with Crippen LogP contribution >= 0.6 is 0 Å². The molecule has 5 aromatic carbocycles. The van der Waals surface area contributed by atoms with Crippen LogP contribution in [0.25, 0.3) is 28.0 Å². The molecule has 0 heterocycles. The minimum atomic E-state index is -0.336. The van der Waals surface area contributed by atoms with E-state index in [9.17, 15) is 0 Å². The van der Waals surface area contributed by atoms with Gasteiger partial charge in [-0.2, -0.15) is 0 Å². The summed E-state index contributed by atoms with van der Waals surface area (Å²) in [5.41, 5.74) is 13.5. The van der Waals surface area contributed by atoms with Gasteiger partial charge in [-0.05, 0) is 88.0 Å². The molecule has 0 unspecified atom stereocenters. The fourth-order valence-electron chi connectivity index (χ4n) is 6.49. The average molecular weight is 539 g/mol. The van der Waals surface area contributed by atoms with Crippen LogP contribution < -0.4 is 0 Å². The highest BCUT2D eigenvalue weighted by Gasteiger charge is 2.46. The molecule has 0 amide bonds. The Labute approximate surface area is 248 Å². The summed E-state index contributed by atoms with van der Waals surface area (Å²) in [6.45, 7) is 16.4. The first-order chi connectivity index (χ1) is 20.1. The van der Waals surface area contributed by atoms with Crippen LogP contribution in [0.2, 0.25) is 0 Å². The van der Waals surface area contributed by atoms with Gasteiger partial charge in [0.25, 0.3) is 0 Å². The summed E-state index contributed by atoms with van der Waals surface area (Å²) in [6.07, 6.45) is 4.62. The predicted molar refractivity (Wildman–Crippen MR) is 182 cm³/mol. The summed E-state index contributed by atoms with van der Waals surface area (Å²) < 4.78 is 0. The molecule has 0 saturated heterocycles. The van der Waals surface area contributed by atoms with Crippen molar-refractivity contribution >= 4 is 16.8 Å². The highest BCUT2D eigenvalue weighted by atomic mass is 14.5. The largest absolute Gasteiger partial charge is 0.0724 e. The Kier molecular flexibility index (Phi) is 9.66. The first-order valence-electron chi connectivity index (χ1n) is 15.7. The lowest BCUT2D eigenvalue weighted by Gasteiger charge is -2.35. The molecule has 5 aromatic rings. The Morgan fingerprint density at radius 3 is 1.71 bits per heavy atom. The SMILES string of the molecule is CC.CC.CC.CC1=Cc2ccc(C3(c4ccc5cc(C)ccc5c4)c4ccccc4-c4ccccc43)cc2CC1. The molecule has 0 aromatic heterocycles. The molecule has 7 rings (SSSR count). The van der Waals surface area contributed by atoms with Gasteiger partial charge in [0.15, 0.2) is 0 Å². The normalized spacial score (nSPS) is 13.5. The Balaban J connectivity index is 0.000000608. The van der Waals surface area contributed by atoms with E-state index in [4.69, 9.17) is 0 Å². The monoisotopic (exact) mass is 538 g/mol. The Morgan fingerprint density at radius 1 is 0.512 bits per heavy atom. The molecule has 0 aliphatic heterocycles. The van der Waals surface area contributed by atoms with E-state index in [-0.39, 0.29) is 5.41 Å². The summed E-state index contributed by atoms with van der Waals surface area (Å²) in [7, 11) is 0. The van der Waals surface area contributed by atoms with E-state index >= 15 is 0 Å². The van der Waals surface area contributed by atoms with Crippen LogP contribution in [0.1, 0.15) is 93.8 Å². The Bertz CT molecular complexity index is 1620. The van der Waals surface area contributed by atoms with Crippen molar-refractivity contribution < 1.29 is 0 Å². The van der Waals surface area contributed by atoms with Gasteiger partial charge in [0.05, 0.1) is 5.41 Å². The lowest BCUT2D eigenvalue weighted by atomic mass is 9.66. The zero-order chi connectivity index (χ0) is 29.6. The van der Waals surface area contributed by atoms with Crippen molar-refractivity contribution in [1.82, 2.24) is 0 Å². The molecule has 210 valence electrons. The second-order valence-corrected chi connectivity index (χ2v) is 10.3. The Hall–Kier alpha value is -3.90. The maximum Gasteiger partial charge on any atom is 0.0713 e. The number of hydrogen-bond donors (Lipinski definition) is 0. The molecule has 2 aliphatic carbocycles. The van der Waals surface area contributed by atoms with Crippen molar-refractivity contribution in [2.24, 2.45) is 0 Å². The molecular weight excluding hydrogens is 492 g/mol. The molecule has 0 bridgehead atoms. The van der Waals surface area contributed by atoms with E-state index in [1.807, 2.05) is 41.5 Å². The second-order valence-electron chi connectivity index (χ2n) is 10.3. The van der Waals surface area contributed by atoms with Gasteiger partial charge in [-0.1, -0.05) is 156 Å². The molecular formula is C41H46. The van der Waals surface area contributed by atoms with Crippen molar-refractivity contribution in [3.8, 4) is 11.1 Å². The van der Waals surface area contributed by atoms with Crippen molar-refractivity contribution in [2.45, 2.75) is 73.6 Å². The molecule has 41 heavy (non-hydrogen) atoms. The molecule has 0 heteroatoms. The summed E-state index contributed by atoms with van der Waals surface area (Å²) in [5.74, 6) is 0. The maximum atomic E-state index is 2.50. The average Bonchev–Trinajstić information content (AvgIpc) is 3.35. The van der Waals surface area contributed by atoms with E-state index in [0.717, 1.165) is 12.8 Å². The minimum Gasteiger partial charge on any atom is -0.0724 e. The van der Waals surface area contributed by atoms with Gasteiger partial charge >= 0.3 is 0 Å². The molecule has 0 spiro atoms. The molecule has 0 N–H and O–H groups in total. The zero-order valence-corrected chi connectivity index (χ0v) is 26.3. The van der Waals surface area contributed by atoms with Crippen LogP contribution in [0, 0.1) is 6.92 Å². The first kappa shape index (κ1) is 30.1. The molecule has 0 atom stereocenters. The van der Waals surface area contributed by atoms with Crippen molar-refractivity contribution in [3.05, 3.63) is 148 Å². The standard InChI is InChI=1S/C35H28.3C2H6/c1-23-11-13-27-21-29(17-15-25(27)19-23)35(30-18-16-26-20-24(2)12-14-28(26)22-30)33-9-5-3-7-31(33)32-8-4-6-10-34(32)35;3*1-2/h3-11,13,15-22H,12,14H2,1-2H3;3*1-2H3. The third kappa shape index (κ3) is 5.17. The van der Waals surface area contributed by atoms with E-state index < -0.39 is 0 Å². The highest BCUT2D eigenvalue weighted by molar-refractivity contribution is 5.89. The fraction of sp³-hybridized carbons (Fsp3) is 0.268. The van der Waals surface area contributed by atoms with Gasteiger partial charge in [0.1, 0.15) is 0 Å². The van der Waals surface area contributed by atoms with E-state index in [1.54, 1.807) is 0 Å². The molecule has 2 aliphatic rings. The van der Waals surface area contributed by atoms with Gasteiger partial charge < -0.3 is 0 Å². The molecule has 0 radical (unpaired) electrons. The van der Waals surface area contributed by atoms with Crippen molar-refractivity contribution in [3.63, 3.8) is 0 Å². The van der Waals surface area contributed by atoms with E-state index in [0.29, 0.717) is 0 Å². The van der Waals surface area contributed by atoms with Crippen LogP contribution in [-0.2, 0) is 11.8 Å². The van der Waals surface area contributed by atoms with Gasteiger partial charge in [0.2, 0.25) is 0 Å². The lowest BCUT2D eigenvalue weighted by Crippen LogP contribution is -2.29. The summed E-state index contributed by atoms with van der Waals surface area (Å²) in [6, 6.07) is 39.2. The number of allylic oxidation sites excluding steroid dienone is 1. The van der Waals surface area contributed by atoms with E-state index in [2.05, 4.69) is 123 Å². The second kappa shape index (κ2) is 13.2. The van der Waals surface area contributed by atoms with Gasteiger partial charge in [-0.25, -0.2) is 0 Å². The summed E-state index contributed by atoms with van der Waals surface area (Å²) in [4.78, 5) is 0. The third-order valence-electron chi connectivity index (χ3n) is 8.15. The smallest absolute Gasteiger partial charge is 0.0713 e. The van der Waals surface area contributed by atoms with Crippen LogP contribution in [0.15, 0.2) is 109 Å². The van der Waals surface area contributed by atoms with E-state index in [1.165, 1.54) is 66.4 Å². The quantitative estimate of drug-likeness (QED) is 0.206. The fourth-order valence-corrected chi connectivity index (χ4v) is 6.49. The number of benzene rings is 5. The number of hydrogen-bond acceptors (Lipinski definition) is 0. The topological polar surface area (TPSA) is 0 Å². The van der Waals surface area contributed by atoms with Crippen molar-refractivity contribution in [1.29, 1.82) is 0 Å². The third-order valence-corrected chi connectivity index (χ3v) is 8.15. The molecule has 0 saturated carbocycles. The Morgan fingerprint density at radius 2 is 1.05 bits per heavy atom.